The van der Waals surface area contributed by atoms with E-state index in [0.29, 0.717) is 12.5 Å². The fourth-order valence-corrected chi connectivity index (χ4v) is 3.58. The minimum atomic E-state index is -0.434. The molecule has 5 heteroatoms. The summed E-state index contributed by atoms with van der Waals surface area (Å²) in [6, 6.07) is 16.7. The number of piperidine rings is 1. The third kappa shape index (κ3) is 3.15. The van der Waals surface area contributed by atoms with E-state index in [2.05, 4.69) is 62.6 Å². The minimum Gasteiger partial charge on any atom is -0.391 e. The second-order valence-electron chi connectivity index (χ2n) is 6.51. The van der Waals surface area contributed by atoms with Crippen LogP contribution < -0.4 is 10.2 Å². The molecule has 2 atom stereocenters. The van der Waals surface area contributed by atoms with Gasteiger partial charge in [-0.2, -0.15) is 4.98 Å². The molecule has 1 aliphatic rings. The second-order valence-corrected chi connectivity index (χ2v) is 6.51. The highest BCUT2D eigenvalue weighted by Crippen LogP contribution is 2.31. The van der Waals surface area contributed by atoms with Crippen LogP contribution in [0, 0.1) is 0 Å². The summed E-state index contributed by atoms with van der Waals surface area (Å²) in [5.74, 6) is 1.60. The van der Waals surface area contributed by atoms with Gasteiger partial charge < -0.3 is 15.3 Å². The van der Waals surface area contributed by atoms with Crippen molar-refractivity contribution in [3.63, 3.8) is 0 Å². The predicted molar refractivity (Wildman–Crippen MR) is 101 cm³/mol. The highest BCUT2D eigenvalue weighted by Gasteiger charge is 2.30. The monoisotopic (exact) mass is 334 g/mol. The molecule has 2 heterocycles. The number of aliphatic hydroxyl groups excluding tert-OH is 1. The molecule has 2 N–H and O–H groups in total. The topological polar surface area (TPSA) is 61.3 Å². The van der Waals surface area contributed by atoms with E-state index in [1.165, 1.54) is 16.3 Å². The van der Waals surface area contributed by atoms with Gasteiger partial charge in [-0.15, -0.1) is 0 Å². The van der Waals surface area contributed by atoms with Crippen LogP contribution in [0.15, 0.2) is 54.7 Å². The maximum Gasteiger partial charge on any atom is 0.227 e. The Morgan fingerprint density at radius 3 is 2.76 bits per heavy atom. The summed E-state index contributed by atoms with van der Waals surface area (Å²) < 4.78 is 0. The van der Waals surface area contributed by atoms with Crippen molar-refractivity contribution >= 4 is 22.5 Å². The normalized spacial score (nSPS) is 20.6. The lowest BCUT2D eigenvalue weighted by Crippen LogP contribution is -2.43. The highest BCUT2D eigenvalue weighted by molar-refractivity contribution is 5.83. The van der Waals surface area contributed by atoms with Crippen molar-refractivity contribution in [2.45, 2.75) is 18.4 Å². The number of fused-ring (bicyclic) bond motifs is 1. The summed E-state index contributed by atoms with van der Waals surface area (Å²) in [6.07, 6.45) is 2.19. The van der Waals surface area contributed by atoms with Gasteiger partial charge in [0.1, 0.15) is 5.82 Å². The average Bonchev–Trinajstić information content (AvgIpc) is 2.67. The lowest BCUT2D eigenvalue weighted by molar-refractivity contribution is 0.129. The first-order valence-electron chi connectivity index (χ1n) is 8.67. The van der Waals surface area contributed by atoms with E-state index in [1.807, 2.05) is 13.1 Å². The molecule has 0 saturated carbocycles. The molecule has 2 aromatic carbocycles. The van der Waals surface area contributed by atoms with Crippen molar-refractivity contribution in [2.75, 3.05) is 30.4 Å². The second kappa shape index (κ2) is 6.69. The van der Waals surface area contributed by atoms with E-state index in [4.69, 9.17) is 0 Å². The number of hydrogen-bond donors (Lipinski definition) is 2. The molecule has 1 aromatic heterocycles. The Bertz CT molecular complexity index is 882. The van der Waals surface area contributed by atoms with Crippen molar-refractivity contribution < 1.29 is 5.11 Å². The standard InChI is InChI=1S/C20H22N4O/c1-21-19-8-10-22-20(23-19)24-11-9-17(18(25)13-24)16-7-6-14-4-2-3-5-15(14)12-16/h2-8,10,12,17-18,25H,9,11,13H2,1H3,(H,21,22,23)/t17-,18+/m0/s1. The molecule has 0 aliphatic carbocycles. The summed E-state index contributed by atoms with van der Waals surface area (Å²) in [7, 11) is 1.84. The molecule has 25 heavy (non-hydrogen) atoms. The van der Waals surface area contributed by atoms with E-state index in [-0.39, 0.29) is 5.92 Å². The largest absolute Gasteiger partial charge is 0.391 e. The maximum atomic E-state index is 10.7. The van der Waals surface area contributed by atoms with Crippen LogP contribution >= 0.6 is 0 Å². The number of benzene rings is 2. The zero-order valence-corrected chi connectivity index (χ0v) is 14.3. The molecule has 5 nitrogen and oxygen atoms in total. The Balaban J connectivity index is 1.54. The maximum absolute atomic E-state index is 10.7. The number of anilines is 2. The smallest absolute Gasteiger partial charge is 0.227 e. The van der Waals surface area contributed by atoms with Gasteiger partial charge in [0.15, 0.2) is 0 Å². The molecular formula is C20H22N4O. The van der Waals surface area contributed by atoms with Crippen LogP contribution in [0.2, 0.25) is 0 Å². The first-order chi connectivity index (χ1) is 12.2. The Hall–Kier alpha value is -2.66. The predicted octanol–water partition coefficient (Wildman–Crippen LogP) is 3.03. The lowest BCUT2D eigenvalue weighted by atomic mass is 9.86. The van der Waals surface area contributed by atoms with Crippen LogP contribution in [0.1, 0.15) is 17.9 Å². The lowest BCUT2D eigenvalue weighted by Gasteiger charge is -2.36. The van der Waals surface area contributed by atoms with E-state index >= 15 is 0 Å². The number of aromatic nitrogens is 2. The van der Waals surface area contributed by atoms with Gasteiger partial charge in [0.2, 0.25) is 5.95 Å². The van der Waals surface area contributed by atoms with Crippen molar-refractivity contribution in [1.29, 1.82) is 0 Å². The molecular weight excluding hydrogens is 312 g/mol. The quantitative estimate of drug-likeness (QED) is 0.771. The molecule has 0 amide bonds. The van der Waals surface area contributed by atoms with Crippen LogP contribution in [0.5, 0.6) is 0 Å². The number of aliphatic hydroxyl groups is 1. The fourth-order valence-electron chi connectivity index (χ4n) is 3.58. The van der Waals surface area contributed by atoms with Crippen LogP contribution in [0.25, 0.3) is 10.8 Å². The molecule has 4 rings (SSSR count). The molecule has 0 bridgehead atoms. The van der Waals surface area contributed by atoms with Gasteiger partial charge in [-0.05, 0) is 28.8 Å². The van der Waals surface area contributed by atoms with Gasteiger partial charge in [0.25, 0.3) is 0 Å². The summed E-state index contributed by atoms with van der Waals surface area (Å²) in [6.45, 7) is 1.38. The first kappa shape index (κ1) is 15.8. The van der Waals surface area contributed by atoms with E-state index in [9.17, 15) is 5.11 Å². The Morgan fingerprint density at radius 1 is 1.12 bits per heavy atom. The summed E-state index contributed by atoms with van der Waals surface area (Å²) in [5, 5.41) is 16.2. The number of hydrogen-bond acceptors (Lipinski definition) is 5. The zero-order valence-electron chi connectivity index (χ0n) is 14.3. The Labute approximate surface area is 147 Å². The zero-order chi connectivity index (χ0) is 17.2. The SMILES string of the molecule is CNc1ccnc(N2CC[C@@H](c3ccc4ccccc4c3)[C@H](O)C2)n1. The fraction of sp³-hybridized carbons (Fsp3) is 0.300. The van der Waals surface area contributed by atoms with Gasteiger partial charge in [0, 0.05) is 32.3 Å². The van der Waals surface area contributed by atoms with Gasteiger partial charge >= 0.3 is 0 Å². The van der Waals surface area contributed by atoms with E-state index < -0.39 is 6.10 Å². The third-order valence-corrected chi connectivity index (χ3v) is 4.97. The van der Waals surface area contributed by atoms with Gasteiger partial charge in [-0.3, -0.25) is 0 Å². The van der Waals surface area contributed by atoms with E-state index in [0.717, 1.165) is 18.8 Å². The summed E-state index contributed by atoms with van der Waals surface area (Å²) in [4.78, 5) is 10.9. The van der Waals surface area contributed by atoms with Gasteiger partial charge in [-0.1, -0.05) is 42.5 Å². The van der Waals surface area contributed by atoms with Crippen LogP contribution in [-0.4, -0.2) is 41.3 Å². The van der Waals surface area contributed by atoms with Crippen molar-refractivity contribution in [2.24, 2.45) is 0 Å². The Morgan fingerprint density at radius 2 is 1.96 bits per heavy atom. The molecule has 0 unspecified atom stereocenters. The van der Waals surface area contributed by atoms with Gasteiger partial charge in [0.05, 0.1) is 6.10 Å². The van der Waals surface area contributed by atoms with Gasteiger partial charge in [-0.25, -0.2) is 4.98 Å². The first-order valence-corrected chi connectivity index (χ1v) is 8.67. The Kier molecular flexibility index (Phi) is 4.24. The highest BCUT2D eigenvalue weighted by atomic mass is 16.3. The van der Waals surface area contributed by atoms with Crippen LogP contribution in [0.4, 0.5) is 11.8 Å². The summed E-state index contributed by atoms with van der Waals surface area (Å²) >= 11 is 0. The van der Waals surface area contributed by atoms with Crippen LogP contribution in [-0.2, 0) is 0 Å². The van der Waals surface area contributed by atoms with Crippen molar-refractivity contribution in [1.82, 2.24) is 9.97 Å². The van der Waals surface area contributed by atoms with Crippen LogP contribution in [0.3, 0.4) is 0 Å². The van der Waals surface area contributed by atoms with Crippen molar-refractivity contribution in [3.8, 4) is 0 Å². The number of rotatable bonds is 3. The average molecular weight is 334 g/mol. The summed E-state index contributed by atoms with van der Waals surface area (Å²) in [5.41, 5.74) is 1.20. The molecule has 0 radical (unpaired) electrons. The number of nitrogens with zero attached hydrogens (tertiary/aromatic N) is 3. The molecule has 3 aromatic rings. The number of nitrogens with one attached hydrogen (secondary N) is 1. The van der Waals surface area contributed by atoms with Crippen molar-refractivity contribution in [3.05, 3.63) is 60.3 Å². The molecule has 1 saturated heterocycles. The molecule has 0 spiro atoms. The third-order valence-electron chi connectivity index (χ3n) is 4.97. The minimum absolute atomic E-state index is 0.147. The number of β-amino-alcohol motifs (C(OH)–C–C–N with tert-alkyl or cyclic N) is 1. The van der Waals surface area contributed by atoms with E-state index in [1.54, 1.807) is 6.20 Å². The molecule has 1 fully saturated rings. The molecule has 128 valence electrons. The molecule has 1 aliphatic heterocycles.